The van der Waals surface area contributed by atoms with Gasteiger partial charge >= 0.3 is 0 Å². The van der Waals surface area contributed by atoms with Crippen LogP contribution in [0.4, 0.5) is 13.2 Å². The summed E-state index contributed by atoms with van der Waals surface area (Å²) in [5.74, 6) is -4.90. The quantitative estimate of drug-likeness (QED) is 0.269. The molecule has 0 aliphatic carbocycles. The Morgan fingerprint density at radius 1 is 1.20 bits per heavy atom. The Kier molecular flexibility index (Phi) is 8.17. The number of aliphatic hydroxyl groups is 4. The molecule has 2 aliphatic rings. The molecule has 2 unspecified atom stereocenters. The Hall–Kier alpha value is -3.02. The van der Waals surface area contributed by atoms with Crippen LogP contribution in [0.5, 0.6) is 0 Å². The molecule has 1 amide bonds. The fraction of sp³-hybridized carbons (Fsp3) is 0.500. The molecule has 2 aromatic heterocycles. The maximum atomic E-state index is 13.8. The molecule has 3 aromatic rings. The minimum atomic E-state index is -1.65. The van der Waals surface area contributed by atoms with Crippen molar-refractivity contribution in [2.45, 2.75) is 47.6 Å². The van der Waals surface area contributed by atoms with E-state index in [0.29, 0.717) is 13.1 Å². The molecule has 40 heavy (non-hydrogen) atoms. The van der Waals surface area contributed by atoms with Crippen molar-refractivity contribution < 1.29 is 43.1 Å². The number of aryl methyl sites for hydroxylation is 1. The van der Waals surface area contributed by atoms with Crippen LogP contribution in [0.15, 0.2) is 30.6 Å². The second-order valence-electron chi connectivity index (χ2n) is 9.63. The summed E-state index contributed by atoms with van der Waals surface area (Å²) in [6, 6.07) is 1.72. The third-order valence-electron chi connectivity index (χ3n) is 6.96. The molecule has 7 atom stereocenters. The van der Waals surface area contributed by atoms with Crippen molar-refractivity contribution in [3.8, 4) is 11.3 Å². The number of rotatable bonds is 8. The maximum Gasteiger partial charge on any atom is 0.238 e. The Morgan fingerprint density at radius 3 is 2.48 bits per heavy atom. The Balaban J connectivity index is 1.43. The van der Waals surface area contributed by atoms with Gasteiger partial charge in [-0.15, -0.1) is 16.9 Å². The van der Waals surface area contributed by atoms with Gasteiger partial charge in [-0.3, -0.25) is 9.48 Å². The van der Waals surface area contributed by atoms with Gasteiger partial charge in [0.25, 0.3) is 0 Å². The molecule has 0 bridgehead atoms. The first-order valence-electron chi connectivity index (χ1n) is 12.4. The van der Waals surface area contributed by atoms with Crippen LogP contribution in [-0.2, 0) is 16.6 Å². The molecule has 2 fully saturated rings. The summed E-state index contributed by atoms with van der Waals surface area (Å²) in [5.41, 5.74) is -1.23. The van der Waals surface area contributed by atoms with Crippen LogP contribution in [0.3, 0.4) is 0 Å². The van der Waals surface area contributed by atoms with Gasteiger partial charge in [0.2, 0.25) is 5.91 Å². The number of hydrogen-bond donors (Lipinski definition) is 4. The van der Waals surface area contributed by atoms with Gasteiger partial charge in [0.15, 0.2) is 17.5 Å². The fourth-order valence-electron chi connectivity index (χ4n) is 4.63. The van der Waals surface area contributed by atoms with Crippen molar-refractivity contribution in [3.63, 3.8) is 0 Å². The van der Waals surface area contributed by atoms with Crippen LogP contribution in [0.1, 0.15) is 24.3 Å². The number of halogens is 3. The second kappa shape index (κ2) is 11.5. The predicted molar refractivity (Wildman–Crippen MR) is 133 cm³/mol. The van der Waals surface area contributed by atoms with Gasteiger partial charge in [-0.1, -0.05) is 5.21 Å². The smallest absolute Gasteiger partial charge is 0.238 e. The second-order valence-corrected chi connectivity index (χ2v) is 10.9. The molecule has 0 radical (unpaired) electrons. The number of aliphatic hydroxyl groups excluding tert-OH is 4. The average Bonchev–Trinajstić information content (AvgIpc) is 3.55. The monoisotopic (exact) mass is 584 g/mol. The number of aromatic nitrogens is 5. The van der Waals surface area contributed by atoms with E-state index < -0.39 is 71.1 Å². The zero-order valence-corrected chi connectivity index (χ0v) is 21.9. The number of thioether (sulfide) groups is 1. The Bertz CT molecular complexity index is 1350. The third kappa shape index (κ3) is 5.34. The first-order valence-corrected chi connectivity index (χ1v) is 13.3. The van der Waals surface area contributed by atoms with Crippen LogP contribution in [0.2, 0.25) is 0 Å². The van der Waals surface area contributed by atoms with Crippen molar-refractivity contribution in [3.05, 3.63) is 53.7 Å². The van der Waals surface area contributed by atoms with E-state index in [1.165, 1.54) is 10.9 Å². The highest BCUT2D eigenvalue weighted by Crippen LogP contribution is 2.40. The lowest BCUT2D eigenvalue weighted by molar-refractivity contribution is -0.179. The molecule has 0 spiro atoms. The lowest BCUT2D eigenvalue weighted by atomic mass is 9.97. The molecular formula is C24H27F3N6O6S. The van der Waals surface area contributed by atoms with E-state index in [4.69, 9.17) is 4.74 Å². The Labute approximate surface area is 230 Å². The summed E-state index contributed by atoms with van der Waals surface area (Å²) in [6.45, 7) is 0.350. The molecule has 12 nitrogen and oxygen atoms in total. The third-order valence-corrected chi connectivity index (χ3v) is 8.37. The minimum Gasteiger partial charge on any atom is -0.394 e. The highest BCUT2D eigenvalue weighted by atomic mass is 32.2. The van der Waals surface area contributed by atoms with E-state index in [1.807, 2.05) is 0 Å². The predicted octanol–water partition coefficient (Wildman–Crippen LogP) is 0.144. The van der Waals surface area contributed by atoms with Crippen LogP contribution in [-0.4, -0.2) is 105 Å². The number of nitrogens with zero attached hydrogens (tertiary/aromatic N) is 6. The van der Waals surface area contributed by atoms with Crippen molar-refractivity contribution >= 4 is 17.7 Å². The lowest BCUT2D eigenvalue weighted by Gasteiger charge is -2.43. The summed E-state index contributed by atoms with van der Waals surface area (Å²) in [4.78, 5) is 14.8. The van der Waals surface area contributed by atoms with Crippen LogP contribution < -0.4 is 0 Å². The van der Waals surface area contributed by atoms with Crippen molar-refractivity contribution in [1.29, 1.82) is 0 Å². The van der Waals surface area contributed by atoms with E-state index in [2.05, 4.69) is 15.4 Å². The molecule has 2 aliphatic heterocycles. The summed E-state index contributed by atoms with van der Waals surface area (Å²) < 4.78 is 49.2. The van der Waals surface area contributed by atoms with Crippen molar-refractivity contribution in [2.75, 3.05) is 19.7 Å². The van der Waals surface area contributed by atoms with Gasteiger partial charge in [-0.2, -0.15) is 5.10 Å². The SMILES string of the molecule is Cn1ccc(C(O)C(S[C@@H]2O[C@H](CO)[C@H](O)[C@H](n3cc(-c4cc(F)c(F)c(F)c4)nn3)[C@H]2O)C(=O)N2CCC2)n1. The van der Waals surface area contributed by atoms with Gasteiger partial charge in [0.05, 0.1) is 18.5 Å². The summed E-state index contributed by atoms with van der Waals surface area (Å²) in [6.07, 6.45) is -2.06. The highest BCUT2D eigenvalue weighted by molar-refractivity contribution is 8.01. The van der Waals surface area contributed by atoms with E-state index in [1.54, 1.807) is 24.2 Å². The van der Waals surface area contributed by atoms with Gasteiger partial charge in [0, 0.05) is 31.9 Å². The van der Waals surface area contributed by atoms with Gasteiger partial charge in [0.1, 0.15) is 46.8 Å². The number of likely N-dealkylation sites (tertiary alicyclic amines) is 1. The van der Waals surface area contributed by atoms with Crippen molar-refractivity contribution in [2.24, 2.45) is 7.05 Å². The number of hydrogen-bond acceptors (Lipinski definition) is 10. The summed E-state index contributed by atoms with van der Waals surface area (Å²) in [5, 5.41) is 53.9. The van der Waals surface area contributed by atoms with E-state index >= 15 is 0 Å². The molecular weight excluding hydrogens is 557 g/mol. The van der Waals surface area contributed by atoms with E-state index in [9.17, 15) is 38.4 Å². The van der Waals surface area contributed by atoms with Crippen LogP contribution in [0.25, 0.3) is 11.3 Å². The standard InChI is InChI=1S/C24H27F3N6O6S/c1-31-6-3-14(29-31)19(35)22(23(38)32-4-2-5-32)40-24-21(37)18(20(36)16(10-34)39-24)33-9-15(28-30-33)11-7-12(25)17(27)13(26)8-11/h3,6-9,16,18-22,24,34-37H,2,4-5,10H2,1H3/t16-,18+,19?,20+,21-,22?,24+/m1/s1. The lowest BCUT2D eigenvalue weighted by Crippen LogP contribution is -2.56. The molecule has 2 saturated heterocycles. The van der Waals surface area contributed by atoms with Gasteiger partial charge in [-0.05, 0) is 24.6 Å². The molecule has 5 rings (SSSR count). The zero-order valence-electron chi connectivity index (χ0n) is 21.1. The topological polar surface area (TPSA) is 159 Å². The number of ether oxygens (including phenoxy) is 1. The van der Waals surface area contributed by atoms with E-state index in [-0.39, 0.29) is 17.0 Å². The molecule has 1 aromatic carbocycles. The van der Waals surface area contributed by atoms with Crippen LogP contribution in [0, 0.1) is 17.5 Å². The van der Waals surface area contributed by atoms with Crippen LogP contribution >= 0.6 is 11.8 Å². The molecule has 4 heterocycles. The molecule has 216 valence electrons. The number of carbonyl (C=O) groups excluding carboxylic acids is 1. The van der Waals surface area contributed by atoms with Gasteiger partial charge in [-0.25, -0.2) is 17.9 Å². The largest absolute Gasteiger partial charge is 0.394 e. The molecule has 0 saturated carbocycles. The van der Waals surface area contributed by atoms with Crippen molar-refractivity contribution in [1.82, 2.24) is 29.7 Å². The highest BCUT2D eigenvalue weighted by Gasteiger charge is 2.49. The first kappa shape index (κ1) is 28.5. The summed E-state index contributed by atoms with van der Waals surface area (Å²) >= 11 is 0.813. The van der Waals surface area contributed by atoms with E-state index in [0.717, 1.165) is 35.0 Å². The molecule has 16 heteroatoms. The number of carbonyl (C=O) groups is 1. The normalized spacial score (nSPS) is 26.4. The first-order chi connectivity index (χ1) is 19.1. The molecule has 4 N–H and O–H groups in total. The average molecular weight is 585 g/mol. The number of amides is 1. The Morgan fingerprint density at radius 2 is 1.90 bits per heavy atom. The fourth-order valence-corrected chi connectivity index (χ4v) is 6.00. The number of benzene rings is 1. The maximum absolute atomic E-state index is 13.8. The van der Waals surface area contributed by atoms with Gasteiger partial charge < -0.3 is 30.1 Å². The summed E-state index contributed by atoms with van der Waals surface area (Å²) in [7, 11) is 1.66. The zero-order chi connectivity index (χ0) is 28.7. The minimum absolute atomic E-state index is 0.0788.